The van der Waals surface area contributed by atoms with Gasteiger partial charge in [0.15, 0.2) is 29.8 Å². The number of nitrogens with one attached hydrogen (secondary N) is 1. The molecule has 1 spiro atoms. The Morgan fingerprint density at radius 3 is 2.58 bits per heavy atom. The number of benzene rings is 1. The lowest BCUT2D eigenvalue weighted by molar-refractivity contribution is -0.172. The molecule has 2 aliphatic heterocycles. The van der Waals surface area contributed by atoms with Gasteiger partial charge in [-0.1, -0.05) is 6.07 Å². The van der Waals surface area contributed by atoms with Crippen molar-refractivity contribution >= 4 is 29.8 Å². The molecule has 4 aliphatic rings. The monoisotopic (exact) mass is 604 g/mol. The first-order valence-corrected chi connectivity index (χ1v) is 13.7. The lowest BCUT2D eigenvalue weighted by atomic mass is 9.50. The molecule has 1 saturated heterocycles. The van der Waals surface area contributed by atoms with Gasteiger partial charge in [-0.05, 0) is 51.1 Å². The fourth-order valence-electron chi connectivity index (χ4n) is 6.82. The van der Waals surface area contributed by atoms with Crippen molar-refractivity contribution in [2.24, 2.45) is 0 Å². The Balaban J connectivity index is 1.26. The highest BCUT2D eigenvalue weighted by Gasteiger charge is 2.72. The van der Waals surface area contributed by atoms with Gasteiger partial charge < -0.3 is 50.0 Å². The molecule has 2 bridgehead atoms. The average molecular weight is 605 g/mol. The molecule has 0 saturated carbocycles. The van der Waals surface area contributed by atoms with E-state index in [2.05, 4.69) is 4.90 Å². The summed E-state index contributed by atoms with van der Waals surface area (Å²) >= 11 is 0. The van der Waals surface area contributed by atoms with Crippen molar-refractivity contribution in [2.75, 3.05) is 13.6 Å². The zero-order chi connectivity index (χ0) is 31.4. The van der Waals surface area contributed by atoms with E-state index in [-0.39, 0.29) is 29.7 Å². The van der Waals surface area contributed by atoms with Crippen LogP contribution in [-0.4, -0.2) is 110 Å². The van der Waals surface area contributed by atoms with Gasteiger partial charge in [0.2, 0.25) is 0 Å². The number of piperidine rings is 1. The smallest absolute Gasteiger partial charge is 0.336 e. The Morgan fingerprint density at radius 2 is 1.91 bits per heavy atom. The van der Waals surface area contributed by atoms with Gasteiger partial charge in [-0.15, -0.1) is 0 Å². The van der Waals surface area contributed by atoms with E-state index < -0.39 is 78.0 Å². The van der Waals surface area contributed by atoms with Crippen molar-refractivity contribution in [1.29, 1.82) is 0 Å². The van der Waals surface area contributed by atoms with Gasteiger partial charge in [-0.3, -0.25) is 14.4 Å². The van der Waals surface area contributed by atoms with Crippen LogP contribution in [0.15, 0.2) is 24.0 Å². The van der Waals surface area contributed by atoms with Gasteiger partial charge in [-0.25, -0.2) is 9.59 Å². The Hall–Kier alpha value is -4.21. The van der Waals surface area contributed by atoms with Crippen LogP contribution in [0.1, 0.15) is 43.7 Å². The summed E-state index contributed by atoms with van der Waals surface area (Å²) in [6.07, 6.45) is -3.79. The number of hydrogen-bond acceptors (Lipinski definition) is 12. The first-order chi connectivity index (χ1) is 20.2. The highest BCUT2D eigenvalue weighted by Crippen LogP contribution is 2.65. The minimum absolute atomic E-state index is 0.0629. The fraction of sp³-hybridized carbons (Fsp3) is 0.536. The number of nitrogens with zero attached hydrogens (tertiary/aromatic N) is 1. The SMILES string of the molecule is C[C@H](OC(=O)[C@@H](O)CC(=O)OC1=CC[C@@]2(O)[C@H]3Cc4ccc(O)c5c4[C@@]2(CCN3C)[C@H]1O5)C(=O)N[C@H](CC(=O)O)C(=O)O. The lowest BCUT2D eigenvalue weighted by Gasteiger charge is -2.61. The predicted molar refractivity (Wildman–Crippen MR) is 141 cm³/mol. The molecule has 232 valence electrons. The van der Waals surface area contributed by atoms with Crippen molar-refractivity contribution in [3.05, 3.63) is 35.1 Å². The second-order valence-corrected chi connectivity index (χ2v) is 11.4. The predicted octanol–water partition coefficient (Wildman–Crippen LogP) is -1.06. The van der Waals surface area contributed by atoms with E-state index in [1.54, 1.807) is 6.07 Å². The Morgan fingerprint density at radius 1 is 1.19 bits per heavy atom. The maximum absolute atomic E-state index is 12.9. The maximum Gasteiger partial charge on any atom is 0.336 e. The standard InChI is InChI=1S/C28H32N2O13/c1-12(24(36)29-14(25(37)38)10-19(33)34)41-26(39)16(32)11-20(35)42-17-5-6-28(40)18-9-13-3-4-15(31)22-21(13)27(28,23(17)43-22)7-8-30(18)2/h3-5,12,14,16,18,23,31-32,40H,6-11H2,1-2H3,(H,29,36)(H,33,34)(H,37,38)/t12-,14+,16-,18+,23-,27-,28+/m0/s1. The van der Waals surface area contributed by atoms with Crippen LogP contribution in [0, 0.1) is 0 Å². The number of aromatic hydroxyl groups is 1. The number of carbonyl (C=O) groups excluding carboxylic acids is 3. The summed E-state index contributed by atoms with van der Waals surface area (Å²) in [7, 11) is 1.93. The average Bonchev–Trinajstić information content (AvgIpc) is 3.29. The number of amides is 1. The summed E-state index contributed by atoms with van der Waals surface area (Å²) < 4.78 is 16.6. The van der Waals surface area contributed by atoms with Crippen LogP contribution in [-0.2, 0) is 45.3 Å². The molecule has 5 rings (SSSR count). The zero-order valence-corrected chi connectivity index (χ0v) is 23.3. The number of esters is 2. The lowest BCUT2D eigenvalue weighted by Crippen LogP contribution is -2.74. The third-order valence-electron chi connectivity index (χ3n) is 8.87. The van der Waals surface area contributed by atoms with Gasteiger partial charge in [0.05, 0.1) is 23.9 Å². The number of hydrogen-bond donors (Lipinski definition) is 6. The number of phenolic OH excluding ortho intramolecular Hbond substituents is 1. The van der Waals surface area contributed by atoms with Crippen LogP contribution in [0.25, 0.3) is 0 Å². The second-order valence-electron chi connectivity index (χ2n) is 11.4. The number of rotatable bonds is 10. The minimum Gasteiger partial charge on any atom is -0.504 e. The third-order valence-corrected chi connectivity index (χ3v) is 8.87. The molecule has 0 unspecified atom stereocenters. The number of ether oxygens (including phenoxy) is 3. The van der Waals surface area contributed by atoms with E-state index in [0.29, 0.717) is 24.9 Å². The summed E-state index contributed by atoms with van der Waals surface area (Å²) in [5.41, 5.74) is -0.685. The van der Waals surface area contributed by atoms with Crippen LogP contribution < -0.4 is 10.1 Å². The Bertz CT molecular complexity index is 1430. The molecule has 1 aromatic rings. The molecule has 1 amide bonds. The number of likely N-dealkylation sites (N-methyl/N-ethyl adjacent to an activating group) is 1. The van der Waals surface area contributed by atoms with Gasteiger partial charge in [-0.2, -0.15) is 0 Å². The highest BCUT2D eigenvalue weighted by molar-refractivity contribution is 5.90. The number of carboxylic acid groups (broad SMARTS) is 2. The molecule has 1 fully saturated rings. The number of aliphatic hydroxyl groups is 2. The summed E-state index contributed by atoms with van der Waals surface area (Å²) in [4.78, 5) is 61.5. The molecule has 7 atom stereocenters. The van der Waals surface area contributed by atoms with E-state index in [0.717, 1.165) is 12.5 Å². The summed E-state index contributed by atoms with van der Waals surface area (Å²) in [5, 5.41) is 52.8. The first-order valence-electron chi connectivity index (χ1n) is 13.7. The topological polar surface area (TPSA) is 229 Å². The molecule has 1 aromatic carbocycles. The quantitative estimate of drug-likeness (QED) is 0.175. The number of likely N-dealkylation sites (tertiary alicyclic amines) is 1. The van der Waals surface area contributed by atoms with Crippen LogP contribution in [0.2, 0.25) is 0 Å². The van der Waals surface area contributed by atoms with Gasteiger partial charge in [0.25, 0.3) is 5.91 Å². The highest BCUT2D eigenvalue weighted by atomic mass is 16.6. The molecule has 0 aromatic heterocycles. The maximum atomic E-state index is 12.9. The molecule has 2 aliphatic carbocycles. The van der Waals surface area contributed by atoms with Crippen LogP contribution in [0.3, 0.4) is 0 Å². The van der Waals surface area contributed by atoms with E-state index in [1.807, 2.05) is 12.4 Å². The first kappa shape index (κ1) is 30.3. The number of phenols is 1. The van der Waals surface area contributed by atoms with Crippen LogP contribution >= 0.6 is 0 Å². The summed E-state index contributed by atoms with van der Waals surface area (Å²) in [5.74, 6) is -6.46. The van der Waals surface area contributed by atoms with Crippen molar-refractivity contribution in [2.45, 2.75) is 80.4 Å². The molecule has 0 radical (unpaired) electrons. The Kier molecular flexibility index (Phi) is 7.61. The number of aliphatic carboxylic acids is 2. The van der Waals surface area contributed by atoms with Crippen molar-refractivity contribution in [3.63, 3.8) is 0 Å². The second kappa shape index (κ2) is 10.8. The normalized spacial score (nSPS) is 28.7. The minimum atomic E-state index is -2.06. The fourth-order valence-corrected chi connectivity index (χ4v) is 6.82. The number of aliphatic hydroxyl groups excluding tert-OH is 1. The molecule has 15 nitrogen and oxygen atoms in total. The number of carbonyl (C=O) groups is 5. The molecular formula is C28H32N2O13. The van der Waals surface area contributed by atoms with Gasteiger partial charge in [0.1, 0.15) is 11.8 Å². The van der Waals surface area contributed by atoms with Crippen LogP contribution in [0.4, 0.5) is 0 Å². The summed E-state index contributed by atoms with van der Waals surface area (Å²) in [6, 6.07) is 1.29. The van der Waals surface area contributed by atoms with Crippen molar-refractivity contribution < 1.29 is 63.7 Å². The number of carboxylic acids is 2. The molecule has 15 heteroatoms. The third kappa shape index (κ3) is 4.86. The zero-order valence-electron chi connectivity index (χ0n) is 23.3. The van der Waals surface area contributed by atoms with E-state index >= 15 is 0 Å². The molecular weight excluding hydrogens is 572 g/mol. The largest absolute Gasteiger partial charge is 0.504 e. The van der Waals surface area contributed by atoms with Gasteiger partial charge >= 0.3 is 23.9 Å². The summed E-state index contributed by atoms with van der Waals surface area (Å²) in [6.45, 7) is 1.69. The van der Waals surface area contributed by atoms with Crippen LogP contribution in [0.5, 0.6) is 11.5 Å². The van der Waals surface area contributed by atoms with Gasteiger partial charge in [0, 0.05) is 18.0 Å². The van der Waals surface area contributed by atoms with E-state index in [4.69, 9.17) is 24.4 Å². The van der Waals surface area contributed by atoms with Crippen molar-refractivity contribution in [3.8, 4) is 11.5 Å². The van der Waals surface area contributed by atoms with Crippen molar-refractivity contribution in [1.82, 2.24) is 10.2 Å². The van der Waals surface area contributed by atoms with E-state index in [1.165, 1.54) is 12.1 Å². The molecule has 2 heterocycles. The van der Waals surface area contributed by atoms with E-state index in [9.17, 15) is 39.3 Å². The molecule has 43 heavy (non-hydrogen) atoms. The Labute approximate surface area is 244 Å². The molecule has 6 N–H and O–H groups in total.